The molecule has 1 aliphatic heterocycles. The van der Waals surface area contributed by atoms with Crippen molar-refractivity contribution in [2.45, 2.75) is 19.4 Å². The largest absolute Gasteiger partial charge is 0.378 e. The minimum Gasteiger partial charge on any atom is -0.378 e. The molecule has 16 heavy (non-hydrogen) atoms. The minimum absolute atomic E-state index is 0.341. The summed E-state index contributed by atoms with van der Waals surface area (Å²) in [6.45, 7) is 3.88. The second-order valence-electron chi connectivity index (χ2n) is 4.05. The van der Waals surface area contributed by atoms with Gasteiger partial charge in [0.25, 0.3) is 0 Å². The zero-order chi connectivity index (χ0) is 11.4. The van der Waals surface area contributed by atoms with Gasteiger partial charge in [0.05, 0.1) is 18.5 Å². The van der Waals surface area contributed by atoms with E-state index in [0.29, 0.717) is 12.0 Å². The average molecular weight is 222 g/mol. The minimum atomic E-state index is 0.341. The summed E-state index contributed by atoms with van der Waals surface area (Å²) in [6.07, 6.45) is 4.90. The maximum absolute atomic E-state index is 5.51. The Kier molecular flexibility index (Phi) is 3.56. The number of ether oxygens (including phenoxy) is 1. The van der Waals surface area contributed by atoms with E-state index in [-0.39, 0.29) is 0 Å². The maximum atomic E-state index is 5.51. The fourth-order valence-corrected chi connectivity index (χ4v) is 1.85. The van der Waals surface area contributed by atoms with E-state index in [0.717, 1.165) is 31.2 Å². The number of rotatable bonds is 4. The normalized spacial score (nSPS) is 24.4. The van der Waals surface area contributed by atoms with Gasteiger partial charge in [-0.05, 0) is 13.3 Å². The first-order valence-electron chi connectivity index (χ1n) is 5.65. The van der Waals surface area contributed by atoms with Crippen LogP contribution in [0.2, 0.25) is 0 Å². The predicted octanol–water partition coefficient (Wildman–Crippen LogP) is 1.36. The van der Waals surface area contributed by atoms with Gasteiger partial charge >= 0.3 is 0 Å². The van der Waals surface area contributed by atoms with Crippen LogP contribution in [0.5, 0.6) is 0 Å². The van der Waals surface area contributed by atoms with Crippen LogP contribution in [0.3, 0.4) is 0 Å². The molecule has 0 spiro atoms. The van der Waals surface area contributed by atoms with Crippen LogP contribution in [0.1, 0.15) is 13.3 Å². The van der Waals surface area contributed by atoms with Crippen molar-refractivity contribution in [2.75, 3.05) is 30.8 Å². The Labute approximate surface area is 95.6 Å². The Morgan fingerprint density at radius 3 is 2.94 bits per heavy atom. The fourth-order valence-electron chi connectivity index (χ4n) is 1.85. The van der Waals surface area contributed by atoms with Crippen LogP contribution in [0.15, 0.2) is 12.4 Å². The molecule has 1 saturated heterocycles. The van der Waals surface area contributed by atoms with Gasteiger partial charge < -0.3 is 15.4 Å². The molecule has 1 fully saturated rings. The number of aromatic nitrogens is 2. The smallest absolute Gasteiger partial charge is 0.146 e. The van der Waals surface area contributed by atoms with E-state index in [1.807, 2.05) is 7.05 Å². The molecule has 0 aliphatic carbocycles. The van der Waals surface area contributed by atoms with Gasteiger partial charge in [0, 0.05) is 26.1 Å². The molecule has 1 aliphatic rings. The Balaban J connectivity index is 1.88. The van der Waals surface area contributed by atoms with Crippen molar-refractivity contribution in [2.24, 2.45) is 5.92 Å². The number of anilines is 2. The molecule has 88 valence electrons. The van der Waals surface area contributed by atoms with Gasteiger partial charge in [-0.25, -0.2) is 4.98 Å². The summed E-state index contributed by atoms with van der Waals surface area (Å²) in [6, 6.07) is 0. The quantitative estimate of drug-likeness (QED) is 0.805. The molecule has 0 radical (unpaired) electrons. The molecule has 5 heteroatoms. The molecule has 0 bridgehead atoms. The van der Waals surface area contributed by atoms with Crippen LogP contribution >= 0.6 is 0 Å². The lowest BCUT2D eigenvalue weighted by molar-refractivity contribution is 0.108. The first-order valence-corrected chi connectivity index (χ1v) is 5.65. The Morgan fingerprint density at radius 1 is 1.44 bits per heavy atom. The number of hydrogen-bond acceptors (Lipinski definition) is 5. The standard InChI is InChI=1S/C11H18N4O/c1-8-9(3-4-16-8)5-14-11-7-13-6-10(12-2)15-11/h6-9H,3-5H2,1-2H3,(H2,12,14,15). The molecule has 1 aromatic heterocycles. The second kappa shape index (κ2) is 5.12. The average Bonchev–Trinajstić information content (AvgIpc) is 2.72. The molecule has 2 unspecified atom stereocenters. The highest BCUT2D eigenvalue weighted by Crippen LogP contribution is 2.20. The van der Waals surface area contributed by atoms with Crippen LogP contribution in [0, 0.1) is 5.92 Å². The number of nitrogens with one attached hydrogen (secondary N) is 2. The van der Waals surface area contributed by atoms with Crippen LogP contribution in [-0.4, -0.2) is 36.3 Å². The summed E-state index contributed by atoms with van der Waals surface area (Å²) < 4.78 is 5.51. The van der Waals surface area contributed by atoms with Gasteiger partial charge in [-0.1, -0.05) is 0 Å². The topological polar surface area (TPSA) is 59.1 Å². The van der Waals surface area contributed by atoms with E-state index in [1.165, 1.54) is 0 Å². The first-order chi connectivity index (χ1) is 7.79. The lowest BCUT2D eigenvalue weighted by Gasteiger charge is -2.15. The third-order valence-corrected chi connectivity index (χ3v) is 2.97. The van der Waals surface area contributed by atoms with Crippen LogP contribution < -0.4 is 10.6 Å². The van der Waals surface area contributed by atoms with Crippen molar-refractivity contribution >= 4 is 11.6 Å². The van der Waals surface area contributed by atoms with Crippen LogP contribution in [0.4, 0.5) is 11.6 Å². The molecular weight excluding hydrogens is 204 g/mol. The van der Waals surface area contributed by atoms with Gasteiger partial charge in [-0.2, -0.15) is 0 Å². The zero-order valence-electron chi connectivity index (χ0n) is 9.73. The van der Waals surface area contributed by atoms with Crippen molar-refractivity contribution in [1.29, 1.82) is 0 Å². The van der Waals surface area contributed by atoms with E-state index >= 15 is 0 Å². The highest BCUT2D eigenvalue weighted by molar-refractivity contribution is 5.40. The fraction of sp³-hybridized carbons (Fsp3) is 0.636. The van der Waals surface area contributed by atoms with Gasteiger partial charge in [-0.3, -0.25) is 4.98 Å². The SMILES string of the molecule is CNc1cncc(NCC2CCOC2C)n1. The van der Waals surface area contributed by atoms with Gasteiger partial charge in [0.2, 0.25) is 0 Å². The Bertz CT molecular complexity index is 345. The van der Waals surface area contributed by atoms with Crippen molar-refractivity contribution in [3.63, 3.8) is 0 Å². The van der Waals surface area contributed by atoms with E-state index in [4.69, 9.17) is 4.74 Å². The molecule has 5 nitrogen and oxygen atoms in total. The van der Waals surface area contributed by atoms with Crippen LogP contribution in [0.25, 0.3) is 0 Å². The van der Waals surface area contributed by atoms with Crippen molar-refractivity contribution in [3.8, 4) is 0 Å². The predicted molar refractivity (Wildman–Crippen MR) is 63.6 cm³/mol. The molecule has 0 aromatic carbocycles. The van der Waals surface area contributed by atoms with Gasteiger partial charge in [0.15, 0.2) is 0 Å². The first kappa shape index (κ1) is 11.1. The third kappa shape index (κ3) is 2.61. The molecule has 0 amide bonds. The summed E-state index contributed by atoms with van der Waals surface area (Å²) in [5.41, 5.74) is 0. The Morgan fingerprint density at radius 2 is 2.25 bits per heavy atom. The lowest BCUT2D eigenvalue weighted by Crippen LogP contribution is -2.21. The summed E-state index contributed by atoms with van der Waals surface area (Å²) in [5, 5.41) is 6.26. The van der Waals surface area contributed by atoms with Gasteiger partial charge in [-0.15, -0.1) is 0 Å². The van der Waals surface area contributed by atoms with Gasteiger partial charge in [0.1, 0.15) is 11.6 Å². The molecule has 2 heterocycles. The van der Waals surface area contributed by atoms with E-state index in [9.17, 15) is 0 Å². The van der Waals surface area contributed by atoms with E-state index in [2.05, 4.69) is 27.5 Å². The summed E-state index contributed by atoms with van der Waals surface area (Å²) in [5.74, 6) is 2.16. The summed E-state index contributed by atoms with van der Waals surface area (Å²) in [7, 11) is 1.83. The zero-order valence-corrected chi connectivity index (χ0v) is 9.73. The number of nitrogens with zero attached hydrogens (tertiary/aromatic N) is 2. The monoisotopic (exact) mass is 222 g/mol. The van der Waals surface area contributed by atoms with E-state index in [1.54, 1.807) is 12.4 Å². The lowest BCUT2D eigenvalue weighted by atomic mass is 10.0. The molecule has 2 N–H and O–H groups in total. The highest BCUT2D eigenvalue weighted by Gasteiger charge is 2.23. The molecule has 2 rings (SSSR count). The highest BCUT2D eigenvalue weighted by atomic mass is 16.5. The second-order valence-corrected chi connectivity index (χ2v) is 4.05. The van der Waals surface area contributed by atoms with E-state index < -0.39 is 0 Å². The van der Waals surface area contributed by atoms with Crippen LogP contribution in [-0.2, 0) is 4.74 Å². The Hall–Kier alpha value is -1.36. The van der Waals surface area contributed by atoms with Crippen molar-refractivity contribution in [1.82, 2.24) is 9.97 Å². The summed E-state index contributed by atoms with van der Waals surface area (Å²) >= 11 is 0. The molecule has 1 aromatic rings. The summed E-state index contributed by atoms with van der Waals surface area (Å²) in [4.78, 5) is 8.45. The molecule has 0 saturated carbocycles. The van der Waals surface area contributed by atoms with Crippen molar-refractivity contribution < 1.29 is 4.74 Å². The molecule has 2 atom stereocenters. The maximum Gasteiger partial charge on any atom is 0.146 e. The number of hydrogen-bond donors (Lipinski definition) is 2. The third-order valence-electron chi connectivity index (χ3n) is 2.97. The molecular formula is C11H18N4O. The van der Waals surface area contributed by atoms with Crippen molar-refractivity contribution in [3.05, 3.63) is 12.4 Å².